The van der Waals surface area contributed by atoms with Gasteiger partial charge in [0.15, 0.2) is 0 Å². The number of aryl methyl sites for hydroxylation is 1. The molecular formula is C19H23F3N4O2S. The number of hydrazine groups is 1. The Kier molecular flexibility index (Phi) is 8.71. The molecular weight excluding hydrogens is 405 g/mol. The molecule has 2 N–H and O–H groups in total. The van der Waals surface area contributed by atoms with Crippen LogP contribution in [0.1, 0.15) is 11.3 Å². The maximum atomic E-state index is 12.3. The quantitative estimate of drug-likeness (QED) is 0.404. The van der Waals surface area contributed by atoms with Gasteiger partial charge < -0.3 is 0 Å². The summed E-state index contributed by atoms with van der Waals surface area (Å²) in [4.78, 5) is 13.8. The van der Waals surface area contributed by atoms with Crippen LogP contribution in [0.25, 0.3) is 0 Å². The summed E-state index contributed by atoms with van der Waals surface area (Å²) in [7, 11) is -2.33. The van der Waals surface area contributed by atoms with E-state index in [4.69, 9.17) is 0 Å². The van der Waals surface area contributed by atoms with Crippen LogP contribution in [-0.4, -0.2) is 33.9 Å². The summed E-state index contributed by atoms with van der Waals surface area (Å²) < 4.78 is 48.5. The maximum Gasteiger partial charge on any atom is 0.432 e. The van der Waals surface area contributed by atoms with Gasteiger partial charge in [0.2, 0.25) is 6.41 Å². The van der Waals surface area contributed by atoms with Crippen LogP contribution in [0.4, 0.5) is 18.9 Å². The van der Waals surface area contributed by atoms with Crippen LogP contribution in [0.3, 0.4) is 0 Å². The number of para-hydroxylation sites is 1. The van der Waals surface area contributed by atoms with Gasteiger partial charge in [-0.15, -0.1) is 0 Å². The number of carbonyl (C=O) groups excluding carboxylic acids is 1. The van der Waals surface area contributed by atoms with Gasteiger partial charge in [0.25, 0.3) is 0 Å². The third kappa shape index (κ3) is 8.69. The second kappa shape index (κ2) is 10.5. The first-order valence-electron chi connectivity index (χ1n) is 8.23. The second-order valence-electron chi connectivity index (χ2n) is 6.02. The van der Waals surface area contributed by atoms with Crippen LogP contribution in [0.2, 0.25) is 0 Å². The van der Waals surface area contributed by atoms with E-state index >= 15 is 0 Å². The molecule has 0 bridgehead atoms. The summed E-state index contributed by atoms with van der Waals surface area (Å²) >= 11 is 0. The van der Waals surface area contributed by atoms with E-state index < -0.39 is 21.6 Å². The van der Waals surface area contributed by atoms with Crippen LogP contribution in [0.15, 0.2) is 60.9 Å². The molecule has 10 heteroatoms. The molecule has 29 heavy (non-hydrogen) atoms. The number of allylic oxidation sites excluding steroid dienone is 1. The van der Waals surface area contributed by atoms with Crippen molar-refractivity contribution in [2.75, 3.05) is 10.6 Å². The topological polar surface area (TPSA) is 74.3 Å². The normalized spacial score (nSPS) is 12.6. The number of nitrogens with one attached hydrogen (secondary N) is 2. The number of pyridine rings is 1. The number of halogens is 3. The molecule has 0 fully saturated rings. The lowest BCUT2D eigenvalue weighted by Crippen LogP contribution is -2.35. The number of anilines is 1. The summed E-state index contributed by atoms with van der Waals surface area (Å²) in [6, 6.07) is 13.6. The van der Waals surface area contributed by atoms with Gasteiger partial charge in [-0.2, -0.15) is 13.2 Å². The maximum absolute atomic E-state index is 12.3. The van der Waals surface area contributed by atoms with E-state index in [0.29, 0.717) is 6.54 Å². The summed E-state index contributed by atoms with van der Waals surface area (Å²) in [6.07, 6.45) is -0.972. The highest BCUT2D eigenvalue weighted by molar-refractivity contribution is 8.00. The lowest BCUT2D eigenvalue weighted by molar-refractivity contribution is -0.112. The minimum atomic E-state index is -4.52. The predicted octanol–water partition coefficient (Wildman–Crippen LogP) is 2.97. The highest BCUT2D eigenvalue weighted by Gasteiger charge is 2.31. The fraction of sp³-hybridized carbons (Fsp3) is 0.211. The molecule has 2 aromatic rings. The fourth-order valence-corrected chi connectivity index (χ4v) is 2.94. The molecule has 1 atom stereocenters. The zero-order valence-corrected chi connectivity index (χ0v) is 16.9. The third-order valence-electron chi connectivity index (χ3n) is 3.41. The number of hydrogen-bond acceptors (Lipinski definition) is 4. The Bertz CT molecular complexity index is 899. The van der Waals surface area contributed by atoms with E-state index in [1.807, 2.05) is 55.6 Å². The Balaban J connectivity index is 0.000000359. The lowest BCUT2D eigenvalue weighted by Gasteiger charge is -2.25. The Hall–Kier alpha value is -3.01. The fourth-order valence-electron chi connectivity index (χ4n) is 1.97. The number of amides is 1. The van der Waals surface area contributed by atoms with Crippen LogP contribution in [0, 0.1) is 6.92 Å². The molecule has 0 aliphatic carbocycles. The van der Waals surface area contributed by atoms with Crippen molar-refractivity contribution >= 4 is 27.7 Å². The van der Waals surface area contributed by atoms with Crippen LogP contribution >= 0.6 is 0 Å². The van der Waals surface area contributed by atoms with Crippen LogP contribution in [0.5, 0.6) is 0 Å². The van der Waals surface area contributed by atoms with Crippen LogP contribution < -0.4 is 15.2 Å². The molecule has 1 unspecified atom stereocenters. The van der Waals surface area contributed by atoms with E-state index in [1.165, 1.54) is 5.43 Å². The molecule has 0 aliphatic heterocycles. The van der Waals surface area contributed by atoms with E-state index in [9.17, 15) is 22.2 Å². The molecule has 6 nitrogen and oxygen atoms in total. The first kappa shape index (κ1) is 24.0. The van der Waals surface area contributed by atoms with Crippen molar-refractivity contribution in [3.8, 4) is 0 Å². The molecule has 1 heterocycles. The zero-order chi connectivity index (χ0) is 22.1. The molecule has 1 aromatic carbocycles. The number of carbonyl (C=O) groups is 1. The average molecular weight is 428 g/mol. The monoisotopic (exact) mass is 428 g/mol. The van der Waals surface area contributed by atoms with Gasteiger partial charge in [0.1, 0.15) is 5.70 Å². The van der Waals surface area contributed by atoms with E-state index in [1.54, 1.807) is 16.0 Å². The number of rotatable bonds is 7. The van der Waals surface area contributed by atoms with Crippen LogP contribution in [-0.2, 0) is 21.0 Å². The van der Waals surface area contributed by atoms with Crippen molar-refractivity contribution in [1.82, 2.24) is 15.8 Å². The molecule has 0 saturated carbocycles. The van der Waals surface area contributed by atoms with Gasteiger partial charge in [0.05, 0.1) is 12.2 Å². The Morgan fingerprint density at radius 3 is 2.31 bits per heavy atom. The Morgan fingerprint density at radius 1 is 1.24 bits per heavy atom. The second-order valence-corrected chi connectivity index (χ2v) is 8.38. The van der Waals surface area contributed by atoms with Gasteiger partial charge in [-0.05, 0) is 36.6 Å². The first-order chi connectivity index (χ1) is 13.4. The molecule has 158 valence electrons. The van der Waals surface area contributed by atoms with Gasteiger partial charge in [-0.25, -0.2) is 4.21 Å². The molecule has 0 saturated heterocycles. The SMILES string of the molecule is C=C(NNC=O)C(F)(F)F.C=S(C)(=O)N(Cc1ccc(C)cn1)c1ccccc1. The molecule has 2 rings (SSSR count). The van der Waals surface area contributed by atoms with Crippen molar-refractivity contribution < 1.29 is 22.2 Å². The van der Waals surface area contributed by atoms with Crippen molar-refractivity contribution in [3.63, 3.8) is 0 Å². The number of aromatic nitrogens is 1. The minimum Gasteiger partial charge on any atom is -0.295 e. The molecule has 0 radical (unpaired) electrons. The zero-order valence-electron chi connectivity index (χ0n) is 16.1. The molecule has 0 spiro atoms. The predicted molar refractivity (Wildman–Crippen MR) is 110 cm³/mol. The third-order valence-corrected chi connectivity index (χ3v) is 4.69. The molecule has 0 aliphatic rings. The minimum absolute atomic E-state index is 0.0803. The summed E-state index contributed by atoms with van der Waals surface area (Å²) in [5.74, 6) is 3.79. The highest BCUT2D eigenvalue weighted by Crippen LogP contribution is 2.21. The van der Waals surface area contributed by atoms with E-state index in [2.05, 4.69) is 17.4 Å². The summed E-state index contributed by atoms with van der Waals surface area (Å²) in [5.41, 5.74) is 4.82. The standard InChI is InChI=1S/C15H18N2OS.C4H5F3N2O/c1-13-9-10-14(16-11-13)12-17(19(2,3)18)15-7-5-4-6-8-15;1-3(4(5,6)7)9-8-2-10/h4-11H,2,12H2,1,3H3;2,9H,1H2,(H,8,10). The summed E-state index contributed by atoms with van der Waals surface area (Å²) in [5, 5.41) is 0. The number of nitrogens with zero attached hydrogens (tertiary/aromatic N) is 2. The average Bonchev–Trinajstić information content (AvgIpc) is 2.65. The van der Waals surface area contributed by atoms with Gasteiger partial charge in [-0.1, -0.05) is 30.8 Å². The van der Waals surface area contributed by atoms with Crippen molar-refractivity contribution in [2.45, 2.75) is 19.6 Å². The van der Waals surface area contributed by atoms with E-state index in [0.717, 1.165) is 16.9 Å². The summed E-state index contributed by atoms with van der Waals surface area (Å²) in [6.45, 7) is 5.09. The Labute approximate surface area is 168 Å². The van der Waals surface area contributed by atoms with Gasteiger partial charge in [0, 0.05) is 27.8 Å². The highest BCUT2D eigenvalue weighted by atomic mass is 32.2. The number of hydrogen-bond donors (Lipinski definition) is 2. The number of benzene rings is 1. The van der Waals surface area contributed by atoms with Gasteiger partial charge >= 0.3 is 6.18 Å². The van der Waals surface area contributed by atoms with E-state index in [-0.39, 0.29) is 6.41 Å². The van der Waals surface area contributed by atoms with Crippen molar-refractivity contribution in [3.05, 3.63) is 72.2 Å². The van der Waals surface area contributed by atoms with Crippen molar-refractivity contribution in [1.29, 1.82) is 0 Å². The largest absolute Gasteiger partial charge is 0.432 e. The molecule has 1 amide bonds. The number of alkyl halides is 3. The Morgan fingerprint density at radius 2 is 1.86 bits per heavy atom. The lowest BCUT2D eigenvalue weighted by atomic mass is 10.2. The van der Waals surface area contributed by atoms with Gasteiger partial charge in [-0.3, -0.25) is 24.9 Å². The van der Waals surface area contributed by atoms with Crippen molar-refractivity contribution in [2.24, 2.45) is 0 Å². The molecule has 1 aromatic heterocycles. The first-order valence-corrected chi connectivity index (χ1v) is 10.3. The smallest absolute Gasteiger partial charge is 0.295 e.